The second kappa shape index (κ2) is 7.60. The quantitative estimate of drug-likeness (QED) is 0.710. The molecule has 1 heterocycles. The highest BCUT2D eigenvalue weighted by Gasteiger charge is 2.20. The van der Waals surface area contributed by atoms with Gasteiger partial charge in [-0.25, -0.2) is 4.98 Å². The van der Waals surface area contributed by atoms with E-state index < -0.39 is 0 Å². The Labute approximate surface area is 150 Å². The number of hydrogen-bond acceptors (Lipinski definition) is 5. The summed E-state index contributed by atoms with van der Waals surface area (Å²) in [7, 11) is 4.50. The molecule has 3 aromatic rings. The van der Waals surface area contributed by atoms with Gasteiger partial charge >= 0.3 is 0 Å². The monoisotopic (exact) mass is 353 g/mol. The van der Waals surface area contributed by atoms with Crippen LogP contribution in [0.5, 0.6) is 17.2 Å². The molecule has 0 aliphatic carbocycles. The van der Waals surface area contributed by atoms with Crippen LogP contribution in [-0.4, -0.2) is 37.2 Å². The van der Waals surface area contributed by atoms with Gasteiger partial charge in [-0.2, -0.15) is 0 Å². The van der Waals surface area contributed by atoms with Gasteiger partial charge in [0.2, 0.25) is 5.75 Å². The average Bonchev–Trinajstić information content (AvgIpc) is 3.21. The second-order valence-electron chi connectivity index (χ2n) is 5.35. The Morgan fingerprint density at radius 1 is 1.04 bits per heavy atom. The SMILES string of the molecule is COc1ccc(C(=O)Nc2cccc(-c3ncc[nH]3)c2)c(OC)c1OC. The van der Waals surface area contributed by atoms with Crippen LogP contribution < -0.4 is 19.5 Å². The first kappa shape index (κ1) is 17.3. The van der Waals surface area contributed by atoms with Gasteiger partial charge in [-0.05, 0) is 24.3 Å². The van der Waals surface area contributed by atoms with E-state index >= 15 is 0 Å². The molecule has 3 rings (SSSR count). The standard InChI is InChI=1S/C19H19N3O4/c1-24-15-8-7-14(16(25-2)17(15)26-3)19(23)22-13-6-4-5-12(11-13)18-20-9-10-21-18/h4-11H,1-3H3,(H,20,21)(H,22,23). The molecule has 2 N–H and O–H groups in total. The number of carbonyl (C=O) groups is 1. The molecule has 0 bridgehead atoms. The molecule has 134 valence electrons. The fourth-order valence-electron chi connectivity index (χ4n) is 2.65. The fraction of sp³-hybridized carbons (Fsp3) is 0.158. The predicted octanol–water partition coefficient (Wildman–Crippen LogP) is 3.35. The molecule has 7 nitrogen and oxygen atoms in total. The Morgan fingerprint density at radius 2 is 1.85 bits per heavy atom. The van der Waals surface area contributed by atoms with Crippen molar-refractivity contribution in [2.75, 3.05) is 26.6 Å². The Kier molecular flexibility index (Phi) is 5.07. The maximum Gasteiger partial charge on any atom is 0.259 e. The maximum atomic E-state index is 12.7. The van der Waals surface area contributed by atoms with Crippen molar-refractivity contribution in [3.8, 4) is 28.6 Å². The highest BCUT2D eigenvalue weighted by atomic mass is 16.5. The predicted molar refractivity (Wildman–Crippen MR) is 98.1 cm³/mol. The summed E-state index contributed by atoms with van der Waals surface area (Å²) in [6.07, 6.45) is 3.42. The number of rotatable bonds is 6. The Hall–Kier alpha value is -3.48. The number of nitrogens with one attached hydrogen (secondary N) is 2. The van der Waals surface area contributed by atoms with Crippen molar-refractivity contribution >= 4 is 11.6 Å². The van der Waals surface area contributed by atoms with E-state index in [1.165, 1.54) is 21.3 Å². The highest BCUT2D eigenvalue weighted by Crippen LogP contribution is 2.40. The van der Waals surface area contributed by atoms with Gasteiger partial charge in [0, 0.05) is 23.6 Å². The normalized spacial score (nSPS) is 10.3. The topological polar surface area (TPSA) is 85.5 Å². The summed E-state index contributed by atoms with van der Waals surface area (Å²) in [5, 5.41) is 2.87. The number of carbonyl (C=O) groups excluding carboxylic acids is 1. The molecule has 2 aromatic carbocycles. The molecule has 1 amide bonds. The first-order valence-corrected chi connectivity index (χ1v) is 7.88. The van der Waals surface area contributed by atoms with Gasteiger partial charge in [-0.15, -0.1) is 0 Å². The minimum Gasteiger partial charge on any atom is -0.493 e. The summed E-state index contributed by atoms with van der Waals surface area (Å²) in [5.74, 6) is 1.57. The number of aromatic nitrogens is 2. The lowest BCUT2D eigenvalue weighted by Crippen LogP contribution is -2.14. The van der Waals surface area contributed by atoms with Gasteiger partial charge < -0.3 is 24.5 Å². The number of hydrogen-bond donors (Lipinski definition) is 2. The largest absolute Gasteiger partial charge is 0.493 e. The second-order valence-corrected chi connectivity index (χ2v) is 5.35. The summed E-state index contributed by atoms with van der Waals surface area (Å²) in [6, 6.07) is 10.7. The van der Waals surface area contributed by atoms with Gasteiger partial charge in [0.1, 0.15) is 5.82 Å². The van der Waals surface area contributed by atoms with Crippen molar-refractivity contribution in [3.05, 3.63) is 54.4 Å². The minimum atomic E-state index is -0.320. The van der Waals surface area contributed by atoms with Crippen molar-refractivity contribution in [3.63, 3.8) is 0 Å². The van der Waals surface area contributed by atoms with Crippen LogP contribution in [0, 0.1) is 0 Å². The number of H-pyrrole nitrogens is 1. The van der Waals surface area contributed by atoms with Gasteiger partial charge in [-0.3, -0.25) is 4.79 Å². The van der Waals surface area contributed by atoms with Crippen LogP contribution in [0.1, 0.15) is 10.4 Å². The molecule has 0 saturated heterocycles. The number of imidazole rings is 1. The summed E-state index contributed by atoms with van der Waals surface area (Å²) in [4.78, 5) is 20.0. The highest BCUT2D eigenvalue weighted by molar-refractivity contribution is 6.07. The van der Waals surface area contributed by atoms with Crippen molar-refractivity contribution in [1.29, 1.82) is 0 Å². The maximum absolute atomic E-state index is 12.7. The van der Waals surface area contributed by atoms with Crippen LogP contribution >= 0.6 is 0 Å². The zero-order chi connectivity index (χ0) is 18.5. The van der Waals surface area contributed by atoms with E-state index in [0.29, 0.717) is 28.5 Å². The Morgan fingerprint density at radius 3 is 2.50 bits per heavy atom. The summed E-state index contributed by atoms with van der Waals surface area (Å²) in [6.45, 7) is 0. The lowest BCUT2D eigenvalue weighted by molar-refractivity contribution is 0.102. The van der Waals surface area contributed by atoms with Crippen molar-refractivity contribution in [2.45, 2.75) is 0 Å². The number of anilines is 1. The molecule has 0 fully saturated rings. The van der Waals surface area contributed by atoms with E-state index in [0.717, 1.165) is 11.4 Å². The van der Waals surface area contributed by atoms with Gasteiger partial charge in [0.25, 0.3) is 5.91 Å². The third-order valence-electron chi connectivity index (χ3n) is 3.84. The zero-order valence-electron chi connectivity index (χ0n) is 14.7. The van der Waals surface area contributed by atoms with Crippen LogP contribution in [0.4, 0.5) is 5.69 Å². The van der Waals surface area contributed by atoms with Crippen LogP contribution in [0.2, 0.25) is 0 Å². The van der Waals surface area contributed by atoms with Crippen molar-refractivity contribution < 1.29 is 19.0 Å². The molecule has 0 atom stereocenters. The number of nitrogens with zero attached hydrogens (tertiary/aromatic N) is 1. The van der Waals surface area contributed by atoms with E-state index in [1.807, 2.05) is 18.2 Å². The summed E-state index contributed by atoms with van der Waals surface area (Å²) in [5.41, 5.74) is 1.85. The van der Waals surface area contributed by atoms with E-state index in [4.69, 9.17) is 14.2 Å². The third kappa shape index (κ3) is 3.32. The van der Waals surface area contributed by atoms with Crippen LogP contribution in [0.3, 0.4) is 0 Å². The van der Waals surface area contributed by atoms with Crippen molar-refractivity contribution in [2.24, 2.45) is 0 Å². The number of amides is 1. The lowest BCUT2D eigenvalue weighted by atomic mass is 10.1. The number of ether oxygens (including phenoxy) is 3. The molecule has 0 saturated carbocycles. The molecule has 0 aliphatic heterocycles. The van der Waals surface area contributed by atoms with Gasteiger partial charge in [0.05, 0.1) is 26.9 Å². The smallest absolute Gasteiger partial charge is 0.259 e. The first-order valence-electron chi connectivity index (χ1n) is 7.88. The van der Waals surface area contributed by atoms with Crippen molar-refractivity contribution in [1.82, 2.24) is 9.97 Å². The number of benzene rings is 2. The van der Waals surface area contributed by atoms with E-state index in [1.54, 1.807) is 30.6 Å². The van der Waals surface area contributed by atoms with Gasteiger partial charge in [-0.1, -0.05) is 12.1 Å². The molecule has 0 radical (unpaired) electrons. The molecule has 0 unspecified atom stereocenters. The number of aromatic amines is 1. The minimum absolute atomic E-state index is 0.312. The first-order chi connectivity index (χ1) is 12.7. The molecule has 7 heteroatoms. The van der Waals surface area contributed by atoms with Crippen LogP contribution in [0.25, 0.3) is 11.4 Å². The summed E-state index contributed by atoms with van der Waals surface area (Å²) >= 11 is 0. The zero-order valence-corrected chi connectivity index (χ0v) is 14.7. The van der Waals surface area contributed by atoms with Crippen LogP contribution in [-0.2, 0) is 0 Å². The lowest BCUT2D eigenvalue weighted by Gasteiger charge is -2.15. The molecule has 0 spiro atoms. The van der Waals surface area contributed by atoms with E-state index in [2.05, 4.69) is 15.3 Å². The third-order valence-corrected chi connectivity index (χ3v) is 3.84. The van der Waals surface area contributed by atoms with E-state index in [-0.39, 0.29) is 5.91 Å². The molecule has 26 heavy (non-hydrogen) atoms. The Bertz CT molecular complexity index is 907. The summed E-state index contributed by atoms with van der Waals surface area (Å²) < 4.78 is 15.9. The molecule has 1 aromatic heterocycles. The van der Waals surface area contributed by atoms with Crippen LogP contribution in [0.15, 0.2) is 48.8 Å². The fourth-order valence-corrected chi connectivity index (χ4v) is 2.65. The molecule has 0 aliphatic rings. The average molecular weight is 353 g/mol. The van der Waals surface area contributed by atoms with Gasteiger partial charge in [0.15, 0.2) is 11.5 Å². The Balaban J connectivity index is 1.90. The molecular formula is C19H19N3O4. The van der Waals surface area contributed by atoms with E-state index in [9.17, 15) is 4.79 Å². The molecular weight excluding hydrogens is 334 g/mol. The number of methoxy groups -OCH3 is 3.